The summed E-state index contributed by atoms with van der Waals surface area (Å²) < 4.78 is 5.25. The molecule has 0 aliphatic heterocycles. The Morgan fingerprint density at radius 1 is 1.50 bits per heavy atom. The van der Waals surface area contributed by atoms with Crippen LogP contribution in [0, 0.1) is 6.92 Å². The molecule has 0 aromatic carbocycles. The van der Waals surface area contributed by atoms with E-state index in [0.29, 0.717) is 0 Å². The van der Waals surface area contributed by atoms with Gasteiger partial charge in [0.2, 0.25) is 0 Å². The van der Waals surface area contributed by atoms with E-state index in [1.54, 1.807) is 6.26 Å². The van der Waals surface area contributed by atoms with Gasteiger partial charge in [-0.25, -0.2) is 4.98 Å². The molecule has 2 aromatic rings. The standard InChI is InChI=1S/C12H17N3O/c1-3-5-13-7-10-8-14-12(15-10)11-4-6-16-9(11)2/h4,6,8,13H,3,5,7H2,1-2H3,(H,14,15). The van der Waals surface area contributed by atoms with Crippen molar-refractivity contribution in [3.05, 3.63) is 30.0 Å². The molecule has 2 N–H and O–H groups in total. The summed E-state index contributed by atoms with van der Waals surface area (Å²) >= 11 is 0. The highest BCUT2D eigenvalue weighted by molar-refractivity contribution is 5.57. The van der Waals surface area contributed by atoms with E-state index in [-0.39, 0.29) is 0 Å². The van der Waals surface area contributed by atoms with Crippen LogP contribution in [0.25, 0.3) is 11.4 Å². The lowest BCUT2D eigenvalue weighted by molar-refractivity contribution is 0.535. The summed E-state index contributed by atoms with van der Waals surface area (Å²) in [5.41, 5.74) is 2.13. The van der Waals surface area contributed by atoms with Gasteiger partial charge in [-0.1, -0.05) is 6.92 Å². The van der Waals surface area contributed by atoms with E-state index in [9.17, 15) is 0 Å². The van der Waals surface area contributed by atoms with Crippen molar-refractivity contribution in [2.24, 2.45) is 0 Å². The minimum atomic E-state index is 0.831. The zero-order valence-electron chi connectivity index (χ0n) is 9.71. The fourth-order valence-electron chi connectivity index (χ4n) is 1.62. The highest BCUT2D eigenvalue weighted by atomic mass is 16.3. The molecule has 0 atom stereocenters. The van der Waals surface area contributed by atoms with Crippen molar-refractivity contribution < 1.29 is 4.42 Å². The molecule has 2 rings (SSSR count). The maximum atomic E-state index is 5.25. The number of H-pyrrole nitrogens is 1. The van der Waals surface area contributed by atoms with E-state index in [4.69, 9.17) is 4.42 Å². The molecule has 0 aliphatic carbocycles. The van der Waals surface area contributed by atoms with Gasteiger partial charge in [0.05, 0.1) is 11.8 Å². The lowest BCUT2D eigenvalue weighted by Crippen LogP contribution is -2.13. The number of aromatic nitrogens is 2. The number of imidazole rings is 1. The van der Waals surface area contributed by atoms with Gasteiger partial charge in [0.25, 0.3) is 0 Å². The number of rotatable bonds is 5. The Labute approximate surface area is 95.1 Å². The number of hydrogen-bond acceptors (Lipinski definition) is 3. The molecule has 0 spiro atoms. The highest BCUT2D eigenvalue weighted by Crippen LogP contribution is 2.20. The molecule has 2 heterocycles. The molecule has 0 aliphatic rings. The van der Waals surface area contributed by atoms with E-state index in [2.05, 4.69) is 22.2 Å². The van der Waals surface area contributed by atoms with Crippen LogP contribution in [0.5, 0.6) is 0 Å². The molecule has 0 saturated heterocycles. The number of hydrogen-bond donors (Lipinski definition) is 2. The van der Waals surface area contributed by atoms with Crippen molar-refractivity contribution in [2.75, 3.05) is 6.54 Å². The summed E-state index contributed by atoms with van der Waals surface area (Å²) in [6.07, 6.45) is 4.69. The van der Waals surface area contributed by atoms with Crippen LogP contribution in [-0.4, -0.2) is 16.5 Å². The van der Waals surface area contributed by atoms with Crippen LogP contribution < -0.4 is 5.32 Å². The maximum absolute atomic E-state index is 5.25. The Kier molecular flexibility index (Phi) is 3.41. The number of nitrogens with one attached hydrogen (secondary N) is 2. The Bertz CT molecular complexity index is 445. The summed E-state index contributed by atoms with van der Waals surface area (Å²) in [6.45, 7) is 5.95. The summed E-state index contributed by atoms with van der Waals surface area (Å²) in [5, 5.41) is 3.33. The number of nitrogens with zero attached hydrogens (tertiary/aromatic N) is 1. The fraction of sp³-hybridized carbons (Fsp3) is 0.417. The van der Waals surface area contributed by atoms with Crippen molar-refractivity contribution in [1.82, 2.24) is 15.3 Å². The van der Waals surface area contributed by atoms with E-state index in [1.807, 2.05) is 19.2 Å². The third-order valence-corrected chi connectivity index (χ3v) is 2.48. The molecule has 86 valence electrons. The molecule has 0 fully saturated rings. The number of aromatic amines is 1. The van der Waals surface area contributed by atoms with Crippen LogP contribution in [0.3, 0.4) is 0 Å². The van der Waals surface area contributed by atoms with Gasteiger partial charge in [0.15, 0.2) is 0 Å². The molecule has 0 bridgehead atoms. The zero-order valence-corrected chi connectivity index (χ0v) is 9.71. The van der Waals surface area contributed by atoms with Crippen LogP contribution in [0.15, 0.2) is 22.9 Å². The number of furan rings is 1. The van der Waals surface area contributed by atoms with Crippen LogP contribution in [-0.2, 0) is 6.54 Å². The molecule has 0 radical (unpaired) electrons. The first kappa shape index (κ1) is 11.0. The molecule has 4 nitrogen and oxygen atoms in total. The lowest BCUT2D eigenvalue weighted by atomic mass is 10.2. The van der Waals surface area contributed by atoms with Gasteiger partial charge >= 0.3 is 0 Å². The van der Waals surface area contributed by atoms with Crippen LogP contribution in [0.4, 0.5) is 0 Å². The average molecular weight is 219 g/mol. The van der Waals surface area contributed by atoms with Crippen molar-refractivity contribution in [3.8, 4) is 11.4 Å². The van der Waals surface area contributed by atoms with E-state index in [1.165, 1.54) is 0 Å². The smallest absolute Gasteiger partial charge is 0.141 e. The predicted molar refractivity (Wildman–Crippen MR) is 63.0 cm³/mol. The number of aryl methyl sites for hydroxylation is 1. The first-order valence-electron chi connectivity index (χ1n) is 5.60. The van der Waals surface area contributed by atoms with Gasteiger partial charge in [-0.05, 0) is 26.0 Å². The summed E-state index contributed by atoms with van der Waals surface area (Å²) in [4.78, 5) is 7.62. The van der Waals surface area contributed by atoms with E-state index >= 15 is 0 Å². The minimum absolute atomic E-state index is 0.831. The first-order valence-corrected chi connectivity index (χ1v) is 5.60. The van der Waals surface area contributed by atoms with Crippen LogP contribution in [0.2, 0.25) is 0 Å². The predicted octanol–water partition coefficient (Wildman–Crippen LogP) is 2.48. The molecule has 0 amide bonds. The minimum Gasteiger partial charge on any atom is -0.469 e. The second-order valence-corrected chi connectivity index (χ2v) is 3.82. The van der Waals surface area contributed by atoms with Crippen molar-refractivity contribution in [1.29, 1.82) is 0 Å². The normalized spacial score (nSPS) is 10.9. The molecule has 0 unspecified atom stereocenters. The van der Waals surface area contributed by atoms with Crippen molar-refractivity contribution >= 4 is 0 Å². The fourth-order valence-corrected chi connectivity index (χ4v) is 1.62. The van der Waals surface area contributed by atoms with Gasteiger partial charge in [-0.15, -0.1) is 0 Å². The third-order valence-electron chi connectivity index (χ3n) is 2.48. The Morgan fingerprint density at radius 3 is 3.06 bits per heavy atom. The second-order valence-electron chi connectivity index (χ2n) is 3.82. The van der Waals surface area contributed by atoms with Gasteiger partial charge in [0.1, 0.15) is 11.6 Å². The lowest BCUT2D eigenvalue weighted by Gasteiger charge is -1.99. The maximum Gasteiger partial charge on any atom is 0.141 e. The van der Waals surface area contributed by atoms with Gasteiger partial charge in [-0.2, -0.15) is 0 Å². The SMILES string of the molecule is CCCNCc1cnc(-c2ccoc2C)[nH]1. The summed E-state index contributed by atoms with van der Waals surface area (Å²) in [6, 6.07) is 1.93. The first-order chi connectivity index (χ1) is 7.81. The molecule has 2 aromatic heterocycles. The molecule has 16 heavy (non-hydrogen) atoms. The highest BCUT2D eigenvalue weighted by Gasteiger charge is 2.08. The van der Waals surface area contributed by atoms with E-state index in [0.717, 1.165) is 42.4 Å². The topological polar surface area (TPSA) is 53.9 Å². The molecule has 4 heteroatoms. The Hall–Kier alpha value is -1.55. The van der Waals surface area contributed by atoms with Gasteiger partial charge in [0, 0.05) is 18.4 Å². The second kappa shape index (κ2) is 4.99. The summed E-state index contributed by atoms with van der Waals surface area (Å²) in [7, 11) is 0. The van der Waals surface area contributed by atoms with Crippen LogP contribution in [0.1, 0.15) is 24.8 Å². The monoisotopic (exact) mass is 219 g/mol. The van der Waals surface area contributed by atoms with Crippen molar-refractivity contribution in [2.45, 2.75) is 26.8 Å². The summed E-state index contributed by atoms with van der Waals surface area (Å²) in [5.74, 6) is 1.77. The quantitative estimate of drug-likeness (QED) is 0.759. The van der Waals surface area contributed by atoms with Gasteiger partial charge < -0.3 is 14.7 Å². The Morgan fingerprint density at radius 2 is 2.38 bits per heavy atom. The molecular formula is C12H17N3O. The van der Waals surface area contributed by atoms with Crippen LogP contribution >= 0.6 is 0 Å². The molecule has 0 saturated carbocycles. The Balaban J connectivity index is 2.05. The largest absolute Gasteiger partial charge is 0.469 e. The van der Waals surface area contributed by atoms with Crippen molar-refractivity contribution in [3.63, 3.8) is 0 Å². The van der Waals surface area contributed by atoms with Gasteiger partial charge in [-0.3, -0.25) is 0 Å². The zero-order chi connectivity index (χ0) is 11.4. The average Bonchev–Trinajstić information content (AvgIpc) is 2.87. The molecular weight excluding hydrogens is 202 g/mol. The van der Waals surface area contributed by atoms with E-state index < -0.39 is 0 Å². The third kappa shape index (κ3) is 2.33.